The summed E-state index contributed by atoms with van der Waals surface area (Å²) in [6, 6.07) is 3.72. The van der Waals surface area contributed by atoms with E-state index in [0.29, 0.717) is 19.0 Å². The maximum atomic E-state index is 12.6. The summed E-state index contributed by atoms with van der Waals surface area (Å²) in [5, 5.41) is 8.96. The number of carbonyl (C=O) groups excluding carboxylic acids is 1. The fourth-order valence-corrected chi connectivity index (χ4v) is 3.56. The molecule has 1 fully saturated rings. The number of amides is 1. The van der Waals surface area contributed by atoms with Crippen molar-refractivity contribution in [3.05, 3.63) is 33.4 Å². The number of piperidine rings is 1. The van der Waals surface area contributed by atoms with Gasteiger partial charge in [0, 0.05) is 32.0 Å². The largest absolute Gasteiger partial charge is 0.473 e. The van der Waals surface area contributed by atoms with Gasteiger partial charge in [0.05, 0.1) is 16.4 Å². The summed E-state index contributed by atoms with van der Waals surface area (Å²) in [7, 11) is 0. The van der Waals surface area contributed by atoms with Crippen molar-refractivity contribution in [3.63, 3.8) is 0 Å². The van der Waals surface area contributed by atoms with Crippen molar-refractivity contribution in [1.29, 1.82) is 0 Å². The third-order valence-corrected chi connectivity index (χ3v) is 4.95. The molecular formula is C16H20N4O2S. The van der Waals surface area contributed by atoms with Gasteiger partial charge in [-0.1, -0.05) is 0 Å². The Hall–Kier alpha value is -2.02. The van der Waals surface area contributed by atoms with Crippen LogP contribution in [0.4, 0.5) is 0 Å². The van der Waals surface area contributed by atoms with Gasteiger partial charge < -0.3 is 9.64 Å². The molecule has 122 valence electrons. The molecule has 0 aromatic carbocycles. The van der Waals surface area contributed by atoms with Crippen LogP contribution in [0.1, 0.15) is 38.9 Å². The maximum Gasteiger partial charge on any atom is 0.265 e. The molecule has 2 aromatic heterocycles. The minimum absolute atomic E-state index is 0.0837. The Morgan fingerprint density at radius 2 is 1.96 bits per heavy atom. The summed E-state index contributed by atoms with van der Waals surface area (Å²) in [6.45, 7) is 7.10. The first-order valence-electron chi connectivity index (χ1n) is 7.73. The zero-order valence-electron chi connectivity index (χ0n) is 13.6. The van der Waals surface area contributed by atoms with Crippen molar-refractivity contribution in [3.8, 4) is 5.88 Å². The van der Waals surface area contributed by atoms with Crippen molar-refractivity contribution in [1.82, 2.24) is 20.1 Å². The first-order valence-corrected chi connectivity index (χ1v) is 8.55. The van der Waals surface area contributed by atoms with Gasteiger partial charge in [0.25, 0.3) is 5.91 Å². The Morgan fingerprint density at radius 1 is 1.22 bits per heavy atom. The zero-order chi connectivity index (χ0) is 16.4. The molecule has 6 nitrogen and oxygen atoms in total. The Morgan fingerprint density at radius 3 is 2.52 bits per heavy atom. The van der Waals surface area contributed by atoms with Crippen molar-refractivity contribution in [2.24, 2.45) is 0 Å². The second-order valence-corrected chi connectivity index (χ2v) is 6.97. The number of rotatable bonds is 3. The molecule has 1 amide bonds. The van der Waals surface area contributed by atoms with Gasteiger partial charge in [-0.2, -0.15) is 5.10 Å². The SMILES string of the molecule is Cc1ccc(OC2CCN(C(=O)c3sc(C)nc3C)CC2)nn1. The number of hydrogen-bond donors (Lipinski definition) is 0. The molecule has 3 rings (SSSR count). The summed E-state index contributed by atoms with van der Waals surface area (Å²) >= 11 is 1.47. The van der Waals surface area contributed by atoms with Crippen LogP contribution in [0.2, 0.25) is 0 Å². The molecule has 0 bridgehead atoms. The molecule has 0 radical (unpaired) electrons. The first-order chi connectivity index (χ1) is 11.0. The quantitative estimate of drug-likeness (QED) is 0.864. The van der Waals surface area contributed by atoms with E-state index in [1.165, 1.54) is 11.3 Å². The van der Waals surface area contributed by atoms with E-state index in [4.69, 9.17) is 4.74 Å². The lowest BCUT2D eigenvalue weighted by Crippen LogP contribution is -2.41. The lowest BCUT2D eigenvalue weighted by molar-refractivity contribution is 0.0589. The van der Waals surface area contributed by atoms with Crippen LogP contribution in [0.15, 0.2) is 12.1 Å². The van der Waals surface area contributed by atoms with Crippen molar-refractivity contribution in [2.75, 3.05) is 13.1 Å². The molecular weight excluding hydrogens is 312 g/mol. The standard InChI is InChI=1S/C16H20N4O2S/c1-10-4-5-14(19-18-10)22-13-6-8-20(9-7-13)16(21)15-11(2)17-12(3)23-15/h4-5,13H,6-9H2,1-3H3. The molecule has 0 saturated carbocycles. The molecule has 1 aliphatic rings. The average molecular weight is 332 g/mol. The molecule has 3 heterocycles. The van der Waals surface area contributed by atoms with E-state index in [9.17, 15) is 4.79 Å². The van der Waals surface area contributed by atoms with E-state index < -0.39 is 0 Å². The number of nitrogens with zero attached hydrogens (tertiary/aromatic N) is 4. The molecule has 1 aliphatic heterocycles. The van der Waals surface area contributed by atoms with Gasteiger partial charge in [-0.15, -0.1) is 16.4 Å². The summed E-state index contributed by atoms with van der Waals surface area (Å²) < 4.78 is 5.85. The minimum Gasteiger partial charge on any atom is -0.473 e. The Balaban J connectivity index is 1.57. The second kappa shape index (κ2) is 6.62. The van der Waals surface area contributed by atoms with Gasteiger partial charge >= 0.3 is 0 Å². The molecule has 7 heteroatoms. The molecule has 0 atom stereocenters. The lowest BCUT2D eigenvalue weighted by atomic mass is 10.1. The summed E-state index contributed by atoms with van der Waals surface area (Å²) in [5.74, 6) is 0.635. The topological polar surface area (TPSA) is 68.2 Å². The van der Waals surface area contributed by atoms with Gasteiger partial charge in [0.1, 0.15) is 11.0 Å². The van der Waals surface area contributed by atoms with Gasteiger partial charge in [-0.3, -0.25) is 4.79 Å². The molecule has 23 heavy (non-hydrogen) atoms. The van der Waals surface area contributed by atoms with Gasteiger partial charge in [0.2, 0.25) is 5.88 Å². The monoisotopic (exact) mass is 332 g/mol. The van der Waals surface area contributed by atoms with Gasteiger partial charge in [-0.25, -0.2) is 4.98 Å². The van der Waals surface area contributed by atoms with Crippen LogP contribution >= 0.6 is 11.3 Å². The average Bonchev–Trinajstić information content (AvgIpc) is 2.88. The molecule has 0 N–H and O–H groups in total. The highest BCUT2D eigenvalue weighted by molar-refractivity contribution is 7.13. The summed E-state index contributed by atoms with van der Waals surface area (Å²) in [5.41, 5.74) is 1.69. The predicted molar refractivity (Wildman–Crippen MR) is 87.9 cm³/mol. The zero-order valence-corrected chi connectivity index (χ0v) is 14.4. The van der Waals surface area contributed by atoms with E-state index in [0.717, 1.165) is 34.1 Å². The van der Waals surface area contributed by atoms with E-state index in [1.54, 1.807) is 0 Å². The number of aryl methyl sites for hydroxylation is 3. The van der Waals surface area contributed by atoms with Crippen molar-refractivity contribution in [2.45, 2.75) is 39.7 Å². The van der Waals surface area contributed by atoms with Gasteiger partial charge in [-0.05, 0) is 26.8 Å². The lowest BCUT2D eigenvalue weighted by Gasteiger charge is -2.31. The smallest absolute Gasteiger partial charge is 0.265 e. The number of thiazole rings is 1. The van der Waals surface area contributed by atoms with E-state index in [-0.39, 0.29) is 12.0 Å². The van der Waals surface area contributed by atoms with Crippen LogP contribution in [-0.4, -0.2) is 45.2 Å². The fourth-order valence-electron chi connectivity index (χ4n) is 2.67. The number of likely N-dealkylation sites (tertiary alicyclic amines) is 1. The third kappa shape index (κ3) is 3.67. The van der Waals surface area contributed by atoms with E-state index in [2.05, 4.69) is 15.2 Å². The van der Waals surface area contributed by atoms with Crippen LogP contribution < -0.4 is 4.74 Å². The first kappa shape index (κ1) is 15.9. The normalized spacial score (nSPS) is 15.7. The van der Waals surface area contributed by atoms with Crippen molar-refractivity contribution < 1.29 is 9.53 Å². The Labute approximate surface area is 139 Å². The minimum atomic E-state index is 0.0837. The summed E-state index contributed by atoms with van der Waals surface area (Å²) in [4.78, 5) is 19.6. The van der Waals surface area contributed by atoms with Crippen LogP contribution in [0.25, 0.3) is 0 Å². The molecule has 2 aromatic rings. The van der Waals surface area contributed by atoms with Crippen molar-refractivity contribution >= 4 is 17.2 Å². The predicted octanol–water partition coefficient (Wildman–Crippen LogP) is 2.54. The number of aromatic nitrogens is 3. The maximum absolute atomic E-state index is 12.6. The number of hydrogen-bond acceptors (Lipinski definition) is 6. The third-order valence-electron chi connectivity index (χ3n) is 3.89. The molecule has 0 unspecified atom stereocenters. The second-order valence-electron chi connectivity index (χ2n) is 5.77. The van der Waals surface area contributed by atoms with Crippen LogP contribution in [-0.2, 0) is 0 Å². The van der Waals surface area contributed by atoms with Crippen LogP contribution in [0.5, 0.6) is 5.88 Å². The molecule has 0 aliphatic carbocycles. The number of ether oxygens (including phenoxy) is 1. The van der Waals surface area contributed by atoms with Crippen LogP contribution in [0, 0.1) is 20.8 Å². The van der Waals surface area contributed by atoms with Crippen LogP contribution in [0.3, 0.4) is 0 Å². The summed E-state index contributed by atoms with van der Waals surface area (Å²) in [6.07, 6.45) is 1.69. The van der Waals surface area contributed by atoms with E-state index >= 15 is 0 Å². The number of carbonyl (C=O) groups is 1. The Bertz CT molecular complexity index is 691. The fraction of sp³-hybridized carbons (Fsp3) is 0.500. The highest BCUT2D eigenvalue weighted by Crippen LogP contribution is 2.23. The molecule has 0 spiro atoms. The highest BCUT2D eigenvalue weighted by atomic mass is 32.1. The Kier molecular flexibility index (Phi) is 4.56. The molecule has 1 saturated heterocycles. The van der Waals surface area contributed by atoms with Gasteiger partial charge in [0.15, 0.2) is 0 Å². The highest BCUT2D eigenvalue weighted by Gasteiger charge is 2.27. The van der Waals surface area contributed by atoms with E-state index in [1.807, 2.05) is 37.8 Å².